The summed E-state index contributed by atoms with van der Waals surface area (Å²) in [6.45, 7) is 4.53. The Labute approximate surface area is 69.0 Å². The maximum absolute atomic E-state index is 4.86. The second-order valence-corrected chi connectivity index (χ2v) is 3.79. The third-order valence-corrected chi connectivity index (χ3v) is 2.35. The molecule has 0 spiro atoms. The number of rotatable bonds is 5. The minimum Gasteiger partial charge on any atom is -0.384 e. The van der Waals surface area contributed by atoms with Crippen LogP contribution in [0.15, 0.2) is 11.1 Å². The molecule has 0 fully saturated rings. The fraction of sp³-hybridized carbons (Fsp3) is 0.667. The summed E-state index contributed by atoms with van der Waals surface area (Å²) >= 11 is 5.08. The van der Waals surface area contributed by atoms with Crippen LogP contribution in [0.25, 0.3) is 0 Å². The van der Waals surface area contributed by atoms with E-state index in [0.29, 0.717) is 0 Å². The zero-order valence-corrected chi connectivity index (χ0v) is 7.93. The molecule has 0 aliphatic heterocycles. The van der Waals surface area contributed by atoms with Crippen molar-refractivity contribution < 1.29 is 4.74 Å². The van der Waals surface area contributed by atoms with E-state index in [1.54, 1.807) is 7.11 Å². The summed E-state index contributed by atoms with van der Waals surface area (Å²) in [5.74, 6) is 2.02. The standard InChI is InChI=1S/C6H11BrOS/c1-6(7)5-9-4-3-8-2/h1,3-5H2,2H3. The first-order valence-corrected chi connectivity index (χ1v) is 4.62. The lowest BCUT2D eigenvalue weighted by Gasteiger charge is -1.96. The van der Waals surface area contributed by atoms with Crippen molar-refractivity contribution in [3.63, 3.8) is 0 Å². The third-order valence-electron chi connectivity index (χ3n) is 0.690. The van der Waals surface area contributed by atoms with Gasteiger partial charge in [-0.1, -0.05) is 22.5 Å². The van der Waals surface area contributed by atoms with Gasteiger partial charge in [0.1, 0.15) is 0 Å². The van der Waals surface area contributed by atoms with Gasteiger partial charge in [0, 0.05) is 18.6 Å². The number of methoxy groups -OCH3 is 1. The molecule has 54 valence electrons. The second kappa shape index (κ2) is 6.65. The van der Waals surface area contributed by atoms with Crippen LogP contribution < -0.4 is 0 Å². The molecule has 0 aromatic carbocycles. The molecule has 0 heterocycles. The van der Waals surface area contributed by atoms with E-state index >= 15 is 0 Å². The molecule has 0 radical (unpaired) electrons. The van der Waals surface area contributed by atoms with Crippen molar-refractivity contribution >= 4 is 27.7 Å². The number of halogens is 1. The Balaban J connectivity index is 2.83. The van der Waals surface area contributed by atoms with E-state index in [9.17, 15) is 0 Å². The van der Waals surface area contributed by atoms with Crippen LogP contribution in [-0.2, 0) is 4.74 Å². The molecule has 0 rings (SSSR count). The van der Waals surface area contributed by atoms with E-state index in [-0.39, 0.29) is 0 Å². The summed E-state index contributed by atoms with van der Waals surface area (Å²) in [5.41, 5.74) is 0. The van der Waals surface area contributed by atoms with Crippen molar-refractivity contribution in [2.45, 2.75) is 0 Å². The highest BCUT2D eigenvalue weighted by atomic mass is 79.9. The van der Waals surface area contributed by atoms with Crippen molar-refractivity contribution in [2.75, 3.05) is 25.2 Å². The second-order valence-electron chi connectivity index (χ2n) is 1.56. The molecule has 0 N–H and O–H groups in total. The van der Waals surface area contributed by atoms with Crippen molar-refractivity contribution in [3.05, 3.63) is 11.1 Å². The maximum Gasteiger partial charge on any atom is 0.0553 e. The van der Waals surface area contributed by atoms with Gasteiger partial charge in [0.25, 0.3) is 0 Å². The highest BCUT2D eigenvalue weighted by Crippen LogP contribution is 2.10. The zero-order chi connectivity index (χ0) is 7.11. The SMILES string of the molecule is C=C(Br)CSCCOC. The zero-order valence-electron chi connectivity index (χ0n) is 5.52. The summed E-state index contributed by atoms with van der Waals surface area (Å²) in [6, 6.07) is 0. The minimum atomic E-state index is 0.824. The van der Waals surface area contributed by atoms with Gasteiger partial charge in [-0.3, -0.25) is 0 Å². The Morgan fingerprint density at radius 2 is 2.44 bits per heavy atom. The Kier molecular flexibility index (Phi) is 7.04. The van der Waals surface area contributed by atoms with Gasteiger partial charge < -0.3 is 4.74 Å². The molecule has 0 saturated heterocycles. The van der Waals surface area contributed by atoms with Crippen molar-refractivity contribution in [1.29, 1.82) is 0 Å². The minimum absolute atomic E-state index is 0.824. The largest absolute Gasteiger partial charge is 0.384 e. The monoisotopic (exact) mass is 210 g/mol. The van der Waals surface area contributed by atoms with E-state index in [4.69, 9.17) is 4.74 Å². The molecule has 0 atom stereocenters. The summed E-state index contributed by atoms with van der Waals surface area (Å²) in [4.78, 5) is 0. The predicted molar refractivity (Wildman–Crippen MR) is 47.3 cm³/mol. The van der Waals surface area contributed by atoms with Crippen molar-refractivity contribution in [1.82, 2.24) is 0 Å². The molecule has 0 unspecified atom stereocenters. The molecule has 9 heavy (non-hydrogen) atoms. The fourth-order valence-electron chi connectivity index (χ4n) is 0.325. The highest BCUT2D eigenvalue weighted by Gasteiger charge is 1.88. The predicted octanol–water partition coefficient (Wildman–Crippen LogP) is 2.27. The van der Waals surface area contributed by atoms with Gasteiger partial charge in [-0.05, 0) is 4.48 Å². The summed E-state index contributed by atoms with van der Waals surface area (Å²) in [6.07, 6.45) is 0. The Morgan fingerprint density at radius 1 is 1.78 bits per heavy atom. The van der Waals surface area contributed by atoms with Gasteiger partial charge in [0.2, 0.25) is 0 Å². The van der Waals surface area contributed by atoms with E-state index < -0.39 is 0 Å². The Bertz CT molecular complexity index is 85.1. The van der Waals surface area contributed by atoms with Crippen LogP contribution in [0.1, 0.15) is 0 Å². The van der Waals surface area contributed by atoms with Gasteiger partial charge in [0.15, 0.2) is 0 Å². The van der Waals surface area contributed by atoms with E-state index in [2.05, 4.69) is 22.5 Å². The van der Waals surface area contributed by atoms with Gasteiger partial charge in [-0.25, -0.2) is 0 Å². The molecule has 0 aliphatic carbocycles. The third kappa shape index (κ3) is 8.53. The summed E-state index contributed by atoms with van der Waals surface area (Å²) in [7, 11) is 1.71. The quantitative estimate of drug-likeness (QED) is 0.645. The average molecular weight is 211 g/mol. The summed E-state index contributed by atoms with van der Waals surface area (Å²) in [5, 5.41) is 0. The first-order chi connectivity index (χ1) is 4.27. The number of ether oxygens (including phenoxy) is 1. The smallest absolute Gasteiger partial charge is 0.0553 e. The maximum atomic E-state index is 4.86. The normalized spacial score (nSPS) is 9.56. The summed E-state index contributed by atoms with van der Waals surface area (Å²) < 4.78 is 5.90. The lowest BCUT2D eigenvalue weighted by molar-refractivity contribution is 0.218. The van der Waals surface area contributed by atoms with Crippen LogP contribution in [0.2, 0.25) is 0 Å². The molecule has 1 nitrogen and oxygen atoms in total. The lowest BCUT2D eigenvalue weighted by Crippen LogP contribution is -1.92. The van der Waals surface area contributed by atoms with Gasteiger partial charge in [0.05, 0.1) is 6.61 Å². The average Bonchev–Trinajstić information content (AvgIpc) is 1.80. The molecule has 0 amide bonds. The fourth-order valence-corrected chi connectivity index (χ4v) is 1.46. The number of hydrogen-bond acceptors (Lipinski definition) is 2. The van der Waals surface area contributed by atoms with Crippen molar-refractivity contribution in [2.24, 2.45) is 0 Å². The Hall–Kier alpha value is 0.530. The molecular formula is C6H11BrOS. The van der Waals surface area contributed by atoms with Crippen molar-refractivity contribution in [3.8, 4) is 0 Å². The molecule has 0 aliphatic rings. The highest BCUT2D eigenvalue weighted by molar-refractivity contribution is 9.11. The first kappa shape index (κ1) is 9.53. The van der Waals surface area contributed by atoms with Gasteiger partial charge in [-0.2, -0.15) is 11.8 Å². The Morgan fingerprint density at radius 3 is 2.89 bits per heavy atom. The molecule has 0 aromatic rings. The van der Waals surface area contributed by atoms with Crippen LogP contribution in [0.4, 0.5) is 0 Å². The van der Waals surface area contributed by atoms with E-state index in [1.807, 2.05) is 11.8 Å². The molecule has 0 bridgehead atoms. The lowest BCUT2D eigenvalue weighted by atomic mass is 10.8. The van der Waals surface area contributed by atoms with E-state index in [0.717, 1.165) is 22.6 Å². The molecular weight excluding hydrogens is 200 g/mol. The van der Waals surface area contributed by atoms with Crippen LogP contribution in [0, 0.1) is 0 Å². The van der Waals surface area contributed by atoms with Crippen LogP contribution in [-0.4, -0.2) is 25.2 Å². The van der Waals surface area contributed by atoms with Crippen LogP contribution in [0.5, 0.6) is 0 Å². The molecule has 0 aromatic heterocycles. The van der Waals surface area contributed by atoms with Gasteiger partial charge >= 0.3 is 0 Å². The van der Waals surface area contributed by atoms with Crippen LogP contribution >= 0.6 is 27.7 Å². The number of hydrogen-bond donors (Lipinski definition) is 0. The van der Waals surface area contributed by atoms with Gasteiger partial charge in [-0.15, -0.1) is 0 Å². The topological polar surface area (TPSA) is 9.23 Å². The number of thioether (sulfide) groups is 1. The molecule has 0 saturated carbocycles. The first-order valence-electron chi connectivity index (χ1n) is 2.67. The molecule has 3 heteroatoms. The van der Waals surface area contributed by atoms with E-state index in [1.165, 1.54) is 0 Å². The van der Waals surface area contributed by atoms with Crippen LogP contribution in [0.3, 0.4) is 0 Å².